The summed E-state index contributed by atoms with van der Waals surface area (Å²) in [5.41, 5.74) is 7.18. The molecule has 20 heavy (non-hydrogen) atoms. The number of benzene rings is 1. The summed E-state index contributed by atoms with van der Waals surface area (Å²) >= 11 is 1.86. The van der Waals surface area contributed by atoms with E-state index in [-0.39, 0.29) is 0 Å². The number of aryl methyl sites for hydroxylation is 1. The van der Waals surface area contributed by atoms with Crippen molar-refractivity contribution < 1.29 is 8.42 Å². The van der Waals surface area contributed by atoms with Gasteiger partial charge in [0.2, 0.25) is 10.0 Å². The molecule has 0 aliphatic carbocycles. The lowest BCUT2D eigenvalue weighted by molar-refractivity contribution is 0.573. The van der Waals surface area contributed by atoms with Crippen LogP contribution in [0.5, 0.6) is 0 Å². The van der Waals surface area contributed by atoms with Gasteiger partial charge in [-0.3, -0.25) is 0 Å². The SMILES string of the molecule is Cc1ccc(CN)cc1S(=O)(=O)NCC1CCCCS1. The number of hydrogen-bond acceptors (Lipinski definition) is 4. The molecule has 1 atom stereocenters. The number of hydrogen-bond donors (Lipinski definition) is 2. The average Bonchev–Trinajstić information content (AvgIpc) is 2.47. The van der Waals surface area contributed by atoms with E-state index in [2.05, 4.69) is 4.72 Å². The Morgan fingerprint density at radius 1 is 1.40 bits per heavy atom. The van der Waals surface area contributed by atoms with Crippen LogP contribution >= 0.6 is 11.8 Å². The third-order valence-electron chi connectivity index (χ3n) is 3.55. The summed E-state index contributed by atoms with van der Waals surface area (Å²) in [4.78, 5) is 0.348. The van der Waals surface area contributed by atoms with Crippen LogP contribution in [0, 0.1) is 6.92 Å². The van der Waals surface area contributed by atoms with E-state index in [1.807, 2.05) is 30.8 Å². The summed E-state index contributed by atoms with van der Waals surface area (Å²) in [6.07, 6.45) is 3.53. The summed E-state index contributed by atoms with van der Waals surface area (Å²) < 4.78 is 27.6. The zero-order chi connectivity index (χ0) is 14.6. The molecule has 1 aromatic rings. The van der Waals surface area contributed by atoms with Gasteiger partial charge in [0, 0.05) is 18.3 Å². The second kappa shape index (κ2) is 6.93. The van der Waals surface area contributed by atoms with E-state index in [1.54, 1.807) is 6.07 Å². The lowest BCUT2D eigenvalue weighted by atomic mass is 10.1. The summed E-state index contributed by atoms with van der Waals surface area (Å²) in [6.45, 7) is 2.67. The highest BCUT2D eigenvalue weighted by atomic mass is 32.2. The number of nitrogens with one attached hydrogen (secondary N) is 1. The smallest absolute Gasteiger partial charge is 0.240 e. The van der Waals surface area contributed by atoms with Gasteiger partial charge < -0.3 is 5.73 Å². The molecule has 3 N–H and O–H groups in total. The average molecular weight is 314 g/mol. The standard InChI is InChI=1S/C14H22N2O2S2/c1-11-5-6-12(9-15)8-14(11)20(17,18)16-10-13-4-2-3-7-19-13/h5-6,8,13,16H,2-4,7,9-10,15H2,1H3. The molecule has 0 saturated carbocycles. The Kier molecular flexibility index (Phi) is 5.49. The Balaban J connectivity index is 2.09. The first-order chi connectivity index (χ1) is 9.53. The van der Waals surface area contributed by atoms with Crippen molar-refractivity contribution in [3.05, 3.63) is 29.3 Å². The highest BCUT2D eigenvalue weighted by molar-refractivity contribution is 8.00. The van der Waals surface area contributed by atoms with Gasteiger partial charge >= 0.3 is 0 Å². The first-order valence-corrected chi connectivity index (χ1v) is 9.47. The Bertz CT molecular complexity index is 552. The van der Waals surface area contributed by atoms with E-state index in [0.29, 0.717) is 23.2 Å². The zero-order valence-corrected chi connectivity index (χ0v) is 13.4. The van der Waals surface area contributed by atoms with Crippen molar-refractivity contribution in [3.8, 4) is 0 Å². The molecule has 1 saturated heterocycles. The Labute approximate surface area is 125 Å². The third-order valence-corrected chi connectivity index (χ3v) is 6.52. The summed E-state index contributed by atoms with van der Waals surface area (Å²) in [6, 6.07) is 5.35. The molecule has 1 aliphatic rings. The Morgan fingerprint density at radius 2 is 2.20 bits per heavy atom. The predicted octanol–water partition coefficient (Wildman–Crippen LogP) is 2.02. The summed E-state index contributed by atoms with van der Waals surface area (Å²) in [5, 5.41) is 0.400. The zero-order valence-electron chi connectivity index (χ0n) is 11.8. The minimum absolute atomic E-state index is 0.348. The molecule has 4 nitrogen and oxygen atoms in total. The van der Waals surface area contributed by atoms with Gasteiger partial charge in [-0.2, -0.15) is 11.8 Å². The fourth-order valence-electron chi connectivity index (χ4n) is 2.31. The molecule has 1 unspecified atom stereocenters. The first-order valence-electron chi connectivity index (χ1n) is 6.94. The van der Waals surface area contributed by atoms with Crippen LogP contribution in [0.2, 0.25) is 0 Å². The van der Waals surface area contributed by atoms with Crippen molar-refractivity contribution in [1.29, 1.82) is 0 Å². The molecule has 1 aliphatic heterocycles. The van der Waals surface area contributed by atoms with Gasteiger partial charge in [0.25, 0.3) is 0 Å². The third kappa shape index (κ3) is 3.97. The number of thioether (sulfide) groups is 1. The van der Waals surface area contributed by atoms with Crippen LogP contribution < -0.4 is 10.5 Å². The van der Waals surface area contributed by atoms with E-state index in [4.69, 9.17) is 5.73 Å². The highest BCUT2D eigenvalue weighted by Crippen LogP contribution is 2.25. The molecule has 0 amide bonds. The molecular weight excluding hydrogens is 292 g/mol. The number of rotatable bonds is 5. The van der Waals surface area contributed by atoms with Gasteiger partial charge in [-0.15, -0.1) is 0 Å². The van der Waals surface area contributed by atoms with Crippen LogP contribution in [-0.2, 0) is 16.6 Å². The van der Waals surface area contributed by atoms with Crippen molar-refractivity contribution in [2.24, 2.45) is 5.73 Å². The monoisotopic (exact) mass is 314 g/mol. The van der Waals surface area contributed by atoms with Gasteiger partial charge in [0.05, 0.1) is 4.90 Å². The van der Waals surface area contributed by atoms with Gasteiger partial charge in [0.15, 0.2) is 0 Å². The molecule has 2 rings (SSSR count). The first kappa shape index (κ1) is 15.8. The molecular formula is C14H22N2O2S2. The minimum atomic E-state index is -3.44. The van der Waals surface area contributed by atoms with Gasteiger partial charge in [-0.05, 0) is 42.7 Å². The van der Waals surface area contributed by atoms with Crippen LogP contribution in [0.3, 0.4) is 0 Å². The second-order valence-electron chi connectivity index (χ2n) is 5.14. The normalized spacial score (nSPS) is 20.0. The van der Waals surface area contributed by atoms with E-state index >= 15 is 0 Å². The second-order valence-corrected chi connectivity index (χ2v) is 8.29. The van der Waals surface area contributed by atoms with Crippen molar-refractivity contribution in [3.63, 3.8) is 0 Å². The van der Waals surface area contributed by atoms with Gasteiger partial charge in [-0.25, -0.2) is 13.1 Å². The molecule has 0 aromatic heterocycles. The Hall–Kier alpha value is -0.560. The maximum absolute atomic E-state index is 12.4. The fourth-order valence-corrected chi connectivity index (χ4v) is 5.03. The molecule has 0 bridgehead atoms. The van der Waals surface area contributed by atoms with E-state index in [0.717, 1.165) is 23.3 Å². The van der Waals surface area contributed by atoms with Crippen LogP contribution in [0.4, 0.5) is 0 Å². The van der Waals surface area contributed by atoms with Crippen molar-refractivity contribution in [2.75, 3.05) is 12.3 Å². The predicted molar refractivity (Wildman–Crippen MR) is 84.4 cm³/mol. The maximum Gasteiger partial charge on any atom is 0.240 e. The quantitative estimate of drug-likeness (QED) is 0.872. The minimum Gasteiger partial charge on any atom is -0.326 e. The van der Waals surface area contributed by atoms with Crippen LogP contribution in [0.15, 0.2) is 23.1 Å². The molecule has 112 valence electrons. The van der Waals surface area contributed by atoms with Crippen LogP contribution in [-0.4, -0.2) is 26.0 Å². The van der Waals surface area contributed by atoms with Gasteiger partial charge in [-0.1, -0.05) is 18.6 Å². The van der Waals surface area contributed by atoms with Crippen LogP contribution in [0.25, 0.3) is 0 Å². The molecule has 1 heterocycles. The molecule has 1 fully saturated rings. The van der Waals surface area contributed by atoms with E-state index in [1.165, 1.54) is 12.8 Å². The van der Waals surface area contributed by atoms with Gasteiger partial charge in [0.1, 0.15) is 0 Å². The largest absolute Gasteiger partial charge is 0.326 e. The fraction of sp³-hybridized carbons (Fsp3) is 0.571. The highest BCUT2D eigenvalue weighted by Gasteiger charge is 2.20. The van der Waals surface area contributed by atoms with E-state index < -0.39 is 10.0 Å². The van der Waals surface area contributed by atoms with Crippen molar-refractivity contribution in [2.45, 2.75) is 42.9 Å². The van der Waals surface area contributed by atoms with Crippen molar-refractivity contribution in [1.82, 2.24) is 4.72 Å². The maximum atomic E-state index is 12.4. The summed E-state index contributed by atoms with van der Waals surface area (Å²) in [7, 11) is -3.44. The van der Waals surface area contributed by atoms with E-state index in [9.17, 15) is 8.42 Å². The molecule has 0 spiro atoms. The molecule has 6 heteroatoms. The summed E-state index contributed by atoms with van der Waals surface area (Å²) in [5.74, 6) is 1.13. The van der Waals surface area contributed by atoms with Crippen molar-refractivity contribution >= 4 is 21.8 Å². The molecule has 1 aromatic carbocycles. The Morgan fingerprint density at radius 3 is 2.85 bits per heavy atom. The topological polar surface area (TPSA) is 72.2 Å². The number of sulfonamides is 1. The van der Waals surface area contributed by atoms with Crippen LogP contribution in [0.1, 0.15) is 30.4 Å². The molecule has 0 radical (unpaired) electrons. The lowest BCUT2D eigenvalue weighted by Crippen LogP contribution is -2.32. The number of nitrogens with two attached hydrogens (primary N) is 1. The lowest BCUT2D eigenvalue weighted by Gasteiger charge is -2.21.